The second kappa shape index (κ2) is 3.58. The van der Waals surface area contributed by atoms with Crippen molar-refractivity contribution in [2.75, 3.05) is 0 Å². The van der Waals surface area contributed by atoms with Crippen LogP contribution in [-0.4, -0.2) is 17.2 Å². The van der Waals surface area contributed by atoms with E-state index < -0.39 is 7.12 Å². The van der Waals surface area contributed by atoms with Gasteiger partial charge in [0.05, 0.1) is 0 Å². The van der Waals surface area contributed by atoms with Crippen molar-refractivity contribution in [3.8, 4) is 0 Å². The molecule has 1 aromatic carbocycles. The fraction of sp³-hybridized carbons (Fsp3) is 0.111. The Hall–Kier alpha value is -0.705. The van der Waals surface area contributed by atoms with Crippen molar-refractivity contribution >= 4 is 18.9 Å². The zero-order chi connectivity index (χ0) is 9.26. The Morgan fingerprint density at radius 2 is 2.00 bits per heavy atom. The summed E-state index contributed by atoms with van der Waals surface area (Å²) in [5, 5.41) is 19.8. The standard InChI is InChI=1S/C9H9BO2S/c11-10(12)8-5-7-3-1-2-4-9(7)13-6-8/h1-4,6,11-12H,5H2. The lowest BCUT2D eigenvalue weighted by Gasteiger charge is -2.15. The quantitative estimate of drug-likeness (QED) is 0.657. The van der Waals surface area contributed by atoms with Crippen LogP contribution in [0.15, 0.2) is 40.0 Å². The van der Waals surface area contributed by atoms with E-state index in [9.17, 15) is 0 Å². The van der Waals surface area contributed by atoms with E-state index in [0.717, 1.165) is 5.56 Å². The lowest BCUT2D eigenvalue weighted by Crippen LogP contribution is -2.18. The summed E-state index contributed by atoms with van der Waals surface area (Å²) < 4.78 is 0. The first-order valence-electron chi connectivity index (χ1n) is 4.07. The number of allylic oxidation sites excluding steroid dienone is 1. The Balaban J connectivity index is 2.28. The highest BCUT2D eigenvalue weighted by Gasteiger charge is 2.19. The van der Waals surface area contributed by atoms with Crippen LogP contribution in [0.5, 0.6) is 0 Å². The molecule has 4 heteroatoms. The molecule has 0 amide bonds. The first kappa shape index (κ1) is 8.87. The Labute approximate surface area is 81.4 Å². The molecule has 1 heterocycles. The summed E-state index contributed by atoms with van der Waals surface area (Å²) in [5.74, 6) is 0. The smallest absolute Gasteiger partial charge is 0.423 e. The van der Waals surface area contributed by atoms with Crippen molar-refractivity contribution in [3.05, 3.63) is 40.7 Å². The summed E-state index contributed by atoms with van der Waals surface area (Å²) in [4.78, 5) is 1.20. The summed E-state index contributed by atoms with van der Waals surface area (Å²) >= 11 is 1.54. The highest BCUT2D eigenvalue weighted by Crippen LogP contribution is 2.31. The predicted molar refractivity (Wildman–Crippen MR) is 54.3 cm³/mol. The number of fused-ring (bicyclic) bond motifs is 1. The Morgan fingerprint density at radius 3 is 2.77 bits per heavy atom. The van der Waals surface area contributed by atoms with Gasteiger partial charge in [-0.15, -0.1) is 0 Å². The molecule has 2 nitrogen and oxygen atoms in total. The number of hydrogen-bond acceptors (Lipinski definition) is 3. The van der Waals surface area contributed by atoms with Crippen LogP contribution in [0.2, 0.25) is 0 Å². The highest BCUT2D eigenvalue weighted by atomic mass is 32.2. The second-order valence-electron chi connectivity index (χ2n) is 2.97. The number of benzene rings is 1. The van der Waals surface area contributed by atoms with E-state index in [4.69, 9.17) is 10.0 Å². The summed E-state index contributed by atoms with van der Waals surface area (Å²) in [6.07, 6.45) is 0.640. The van der Waals surface area contributed by atoms with Gasteiger partial charge in [-0.3, -0.25) is 0 Å². The van der Waals surface area contributed by atoms with Crippen molar-refractivity contribution < 1.29 is 10.0 Å². The van der Waals surface area contributed by atoms with Crippen molar-refractivity contribution in [3.63, 3.8) is 0 Å². The van der Waals surface area contributed by atoms with Crippen molar-refractivity contribution in [1.82, 2.24) is 0 Å². The maximum atomic E-state index is 8.98. The number of hydrogen-bond donors (Lipinski definition) is 2. The summed E-state index contributed by atoms with van der Waals surface area (Å²) in [6, 6.07) is 8.00. The number of thioether (sulfide) groups is 1. The molecule has 0 fully saturated rings. The molecule has 0 radical (unpaired) electrons. The third-order valence-electron chi connectivity index (χ3n) is 2.04. The summed E-state index contributed by atoms with van der Waals surface area (Å²) in [6.45, 7) is 0. The zero-order valence-corrected chi connectivity index (χ0v) is 7.79. The van der Waals surface area contributed by atoms with Crippen LogP contribution in [0.3, 0.4) is 0 Å². The van der Waals surface area contributed by atoms with Gasteiger partial charge in [0.25, 0.3) is 0 Å². The maximum absolute atomic E-state index is 8.98. The van der Waals surface area contributed by atoms with E-state index in [-0.39, 0.29) is 0 Å². The van der Waals surface area contributed by atoms with E-state index in [0.29, 0.717) is 11.9 Å². The Bertz CT molecular complexity index is 349. The minimum atomic E-state index is -1.32. The minimum absolute atomic E-state index is 0.640. The van der Waals surface area contributed by atoms with E-state index in [1.54, 1.807) is 11.8 Å². The molecule has 0 aliphatic carbocycles. The average molecular weight is 192 g/mol. The van der Waals surface area contributed by atoms with Gasteiger partial charge in [-0.25, -0.2) is 0 Å². The van der Waals surface area contributed by atoms with Crippen LogP contribution in [0, 0.1) is 0 Å². The molecule has 66 valence electrons. The molecule has 0 atom stereocenters. The fourth-order valence-electron chi connectivity index (χ4n) is 1.32. The molecule has 0 bridgehead atoms. The fourth-order valence-corrected chi connectivity index (χ4v) is 2.25. The minimum Gasteiger partial charge on any atom is -0.423 e. The first-order valence-corrected chi connectivity index (χ1v) is 4.95. The van der Waals surface area contributed by atoms with E-state index in [1.165, 1.54) is 4.90 Å². The van der Waals surface area contributed by atoms with E-state index in [1.807, 2.05) is 29.7 Å². The van der Waals surface area contributed by atoms with Gasteiger partial charge < -0.3 is 10.0 Å². The van der Waals surface area contributed by atoms with Crippen molar-refractivity contribution in [2.45, 2.75) is 11.3 Å². The van der Waals surface area contributed by atoms with Crippen LogP contribution in [0.4, 0.5) is 0 Å². The molecule has 2 N–H and O–H groups in total. The van der Waals surface area contributed by atoms with Gasteiger partial charge >= 0.3 is 7.12 Å². The SMILES string of the molecule is OB(O)C1=CSc2ccccc2C1. The van der Waals surface area contributed by atoms with Gasteiger partial charge in [0.15, 0.2) is 0 Å². The largest absolute Gasteiger partial charge is 0.485 e. The normalized spacial score (nSPS) is 14.8. The Morgan fingerprint density at radius 1 is 1.23 bits per heavy atom. The van der Waals surface area contributed by atoms with Gasteiger partial charge in [0.2, 0.25) is 0 Å². The zero-order valence-electron chi connectivity index (χ0n) is 6.97. The van der Waals surface area contributed by atoms with E-state index in [2.05, 4.69) is 0 Å². The van der Waals surface area contributed by atoms with Crippen LogP contribution >= 0.6 is 11.8 Å². The summed E-state index contributed by atoms with van der Waals surface area (Å²) in [7, 11) is -1.32. The van der Waals surface area contributed by atoms with E-state index >= 15 is 0 Å². The average Bonchev–Trinajstić information content (AvgIpc) is 2.17. The Kier molecular flexibility index (Phi) is 2.44. The van der Waals surface area contributed by atoms with Crippen LogP contribution in [0.25, 0.3) is 0 Å². The molecule has 1 aliphatic heterocycles. The molecule has 0 saturated heterocycles. The number of rotatable bonds is 1. The monoisotopic (exact) mass is 192 g/mol. The molecule has 0 saturated carbocycles. The molecule has 0 spiro atoms. The third kappa shape index (κ3) is 1.80. The second-order valence-corrected chi connectivity index (χ2v) is 3.88. The molecule has 13 heavy (non-hydrogen) atoms. The molecule has 2 rings (SSSR count). The molecular weight excluding hydrogens is 183 g/mol. The van der Waals surface area contributed by atoms with Gasteiger partial charge in [-0.2, -0.15) is 0 Å². The maximum Gasteiger partial charge on any atom is 0.485 e. The van der Waals surface area contributed by atoms with Gasteiger partial charge in [-0.1, -0.05) is 30.0 Å². The lowest BCUT2D eigenvalue weighted by molar-refractivity contribution is 0.417. The van der Waals surface area contributed by atoms with Crippen molar-refractivity contribution in [1.29, 1.82) is 0 Å². The van der Waals surface area contributed by atoms with Gasteiger partial charge in [0.1, 0.15) is 0 Å². The third-order valence-corrected chi connectivity index (χ3v) is 3.11. The lowest BCUT2D eigenvalue weighted by atomic mass is 9.77. The van der Waals surface area contributed by atoms with Crippen LogP contribution in [0.1, 0.15) is 5.56 Å². The van der Waals surface area contributed by atoms with Crippen molar-refractivity contribution in [2.24, 2.45) is 0 Å². The van der Waals surface area contributed by atoms with Gasteiger partial charge in [-0.05, 0) is 28.9 Å². The first-order chi connectivity index (χ1) is 6.27. The molecule has 0 unspecified atom stereocenters. The predicted octanol–water partition coefficient (Wildman–Crippen LogP) is 1.23. The molecular formula is C9H9BO2S. The topological polar surface area (TPSA) is 40.5 Å². The molecule has 0 aromatic heterocycles. The van der Waals surface area contributed by atoms with Crippen LogP contribution in [-0.2, 0) is 6.42 Å². The molecule has 1 aromatic rings. The molecule has 1 aliphatic rings. The van der Waals surface area contributed by atoms with Gasteiger partial charge in [0, 0.05) is 4.90 Å². The highest BCUT2D eigenvalue weighted by molar-refractivity contribution is 8.02. The summed E-state index contributed by atoms with van der Waals surface area (Å²) in [5.41, 5.74) is 1.84. The van der Waals surface area contributed by atoms with Crippen LogP contribution < -0.4 is 0 Å².